The Labute approximate surface area is 67.0 Å². The summed E-state index contributed by atoms with van der Waals surface area (Å²) in [5.74, 6) is 0. The molecule has 2 N–H and O–H groups in total. The lowest BCUT2D eigenvalue weighted by Crippen LogP contribution is -2.25. The predicted octanol–water partition coefficient (Wildman–Crippen LogP) is 0.739. The van der Waals surface area contributed by atoms with Crippen LogP contribution in [0.2, 0.25) is 0 Å². The standard InChI is InChI=1S/C8H14N2O/c1-9-7-3-5-8(6-4-7)10(2)11/h3,5-7,9,11H,4H2,1-2H3. The van der Waals surface area contributed by atoms with Crippen LogP contribution in [0.3, 0.4) is 0 Å². The Hall–Kier alpha value is -0.800. The summed E-state index contributed by atoms with van der Waals surface area (Å²) < 4.78 is 0. The van der Waals surface area contributed by atoms with Crippen LogP contribution in [-0.2, 0) is 0 Å². The van der Waals surface area contributed by atoms with E-state index < -0.39 is 0 Å². The molecule has 1 aliphatic rings. The second-order valence-corrected chi connectivity index (χ2v) is 2.64. The lowest BCUT2D eigenvalue weighted by atomic mass is 10.1. The maximum atomic E-state index is 9.03. The first-order valence-electron chi connectivity index (χ1n) is 3.72. The summed E-state index contributed by atoms with van der Waals surface area (Å²) in [6, 6.07) is 0.415. The number of nitrogens with zero attached hydrogens (tertiary/aromatic N) is 1. The zero-order valence-corrected chi connectivity index (χ0v) is 6.91. The summed E-state index contributed by atoms with van der Waals surface area (Å²) in [6.07, 6.45) is 6.89. The van der Waals surface area contributed by atoms with Gasteiger partial charge in [-0.05, 0) is 19.5 Å². The lowest BCUT2D eigenvalue weighted by Gasteiger charge is -2.18. The number of nitrogens with one attached hydrogen (secondary N) is 1. The quantitative estimate of drug-likeness (QED) is 0.576. The van der Waals surface area contributed by atoms with Crippen molar-refractivity contribution < 1.29 is 5.21 Å². The van der Waals surface area contributed by atoms with E-state index in [9.17, 15) is 0 Å². The molecule has 1 rings (SSSR count). The highest BCUT2D eigenvalue weighted by Gasteiger charge is 2.06. The molecule has 11 heavy (non-hydrogen) atoms. The van der Waals surface area contributed by atoms with Crippen molar-refractivity contribution in [3.8, 4) is 0 Å². The highest BCUT2D eigenvalue weighted by Crippen LogP contribution is 2.11. The molecule has 3 heteroatoms. The molecule has 0 aromatic heterocycles. The van der Waals surface area contributed by atoms with E-state index in [2.05, 4.69) is 5.32 Å². The van der Waals surface area contributed by atoms with E-state index in [1.807, 2.05) is 25.3 Å². The average molecular weight is 154 g/mol. The number of likely N-dealkylation sites (N-methyl/N-ethyl adjacent to an activating group) is 2. The van der Waals surface area contributed by atoms with Gasteiger partial charge in [-0.15, -0.1) is 0 Å². The summed E-state index contributed by atoms with van der Waals surface area (Å²) in [5.41, 5.74) is 0.858. The van der Waals surface area contributed by atoms with Gasteiger partial charge in [-0.3, -0.25) is 10.3 Å². The largest absolute Gasteiger partial charge is 0.313 e. The lowest BCUT2D eigenvalue weighted by molar-refractivity contribution is -0.0243. The highest BCUT2D eigenvalue weighted by atomic mass is 16.5. The van der Waals surface area contributed by atoms with Crippen LogP contribution in [0.15, 0.2) is 23.9 Å². The van der Waals surface area contributed by atoms with Gasteiger partial charge in [0.1, 0.15) is 0 Å². The molecule has 0 heterocycles. The molecule has 3 nitrogen and oxygen atoms in total. The molecule has 0 saturated heterocycles. The monoisotopic (exact) mass is 154 g/mol. The van der Waals surface area contributed by atoms with Crippen LogP contribution >= 0.6 is 0 Å². The van der Waals surface area contributed by atoms with Gasteiger partial charge < -0.3 is 5.32 Å². The molecule has 0 saturated carbocycles. The van der Waals surface area contributed by atoms with E-state index in [-0.39, 0.29) is 0 Å². The molecule has 0 aliphatic heterocycles. The van der Waals surface area contributed by atoms with Crippen LogP contribution in [0.25, 0.3) is 0 Å². The van der Waals surface area contributed by atoms with Crippen LogP contribution in [0.1, 0.15) is 6.42 Å². The molecule has 0 aromatic carbocycles. The van der Waals surface area contributed by atoms with Crippen LogP contribution in [0.4, 0.5) is 0 Å². The maximum Gasteiger partial charge on any atom is 0.0589 e. The Morgan fingerprint density at radius 1 is 1.73 bits per heavy atom. The number of hydrogen-bond acceptors (Lipinski definition) is 3. The molecular weight excluding hydrogens is 140 g/mol. The minimum absolute atomic E-state index is 0.415. The Morgan fingerprint density at radius 2 is 2.45 bits per heavy atom. The molecule has 62 valence electrons. The van der Waals surface area contributed by atoms with Gasteiger partial charge in [-0.1, -0.05) is 12.2 Å². The zero-order chi connectivity index (χ0) is 8.27. The number of rotatable bonds is 2. The fourth-order valence-electron chi connectivity index (χ4n) is 1.06. The van der Waals surface area contributed by atoms with Crippen molar-refractivity contribution in [2.24, 2.45) is 0 Å². The van der Waals surface area contributed by atoms with E-state index in [1.165, 1.54) is 0 Å². The molecule has 0 aromatic rings. The third-order valence-corrected chi connectivity index (χ3v) is 1.82. The minimum Gasteiger partial charge on any atom is -0.313 e. The van der Waals surface area contributed by atoms with Crippen molar-refractivity contribution in [2.75, 3.05) is 14.1 Å². The fraction of sp³-hybridized carbons (Fsp3) is 0.500. The first-order chi connectivity index (χ1) is 5.24. The van der Waals surface area contributed by atoms with Gasteiger partial charge in [-0.2, -0.15) is 0 Å². The van der Waals surface area contributed by atoms with Crippen molar-refractivity contribution in [2.45, 2.75) is 12.5 Å². The third kappa shape index (κ3) is 2.06. The summed E-state index contributed by atoms with van der Waals surface area (Å²) in [7, 11) is 3.55. The maximum absolute atomic E-state index is 9.03. The van der Waals surface area contributed by atoms with Crippen LogP contribution in [-0.4, -0.2) is 30.4 Å². The summed E-state index contributed by atoms with van der Waals surface area (Å²) in [6.45, 7) is 0. The second-order valence-electron chi connectivity index (χ2n) is 2.64. The van der Waals surface area contributed by atoms with E-state index in [0.29, 0.717) is 6.04 Å². The first-order valence-corrected chi connectivity index (χ1v) is 3.72. The molecule has 0 amide bonds. The van der Waals surface area contributed by atoms with E-state index in [0.717, 1.165) is 17.2 Å². The SMILES string of the molecule is CNC1C=CC(N(C)O)=CC1. The number of hydroxylamine groups is 2. The Kier molecular flexibility index (Phi) is 2.68. The Bertz CT molecular complexity index is 185. The van der Waals surface area contributed by atoms with Crippen molar-refractivity contribution in [1.29, 1.82) is 0 Å². The predicted molar refractivity (Wildman–Crippen MR) is 44.2 cm³/mol. The second kappa shape index (κ2) is 3.55. The minimum atomic E-state index is 0.415. The molecule has 0 radical (unpaired) electrons. The van der Waals surface area contributed by atoms with Crippen molar-refractivity contribution in [1.82, 2.24) is 10.4 Å². The average Bonchev–Trinajstić information content (AvgIpc) is 2.05. The molecule has 0 fully saturated rings. The summed E-state index contributed by atoms with van der Waals surface area (Å²) in [4.78, 5) is 0. The highest BCUT2D eigenvalue weighted by molar-refractivity contribution is 5.22. The molecule has 0 bridgehead atoms. The molecule has 1 atom stereocenters. The van der Waals surface area contributed by atoms with Crippen LogP contribution in [0, 0.1) is 0 Å². The van der Waals surface area contributed by atoms with Crippen LogP contribution in [0.5, 0.6) is 0 Å². The molecular formula is C8H14N2O. The van der Waals surface area contributed by atoms with Gasteiger partial charge in [0.05, 0.1) is 5.70 Å². The van der Waals surface area contributed by atoms with E-state index in [4.69, 9.17) is 5.21 Å². The van der Waals surface area contributed by atoms with Crippen LogP contribution < -0.4 is 5.32 Å². The number of allylic oxidation sites excluding steroid dienone is 1. The van der Waals surface area contributed by atoms with Gasteiger partial charge in [0, 0.05) is 13.1 Å². The van der Waals surface area contributed by atoms with Gasteiger partial charge in [0.2, 0.25) is 0 Å². The fourth-order valence-corrected chi connectivity index (χ4v) is 1.06. The Morgan fingerprint density at radius 3 is 2.82 bits per heavy atom. The van der Waals surface area contributed by atoms with Gasteiger partial charge in [0.25, 0.3) is 0 Å². The summed E-state index contributed by atoms with van der Waals surface area (Å²) >= 11 is 0. The van der Waals surface area contributed by atoms with Gasteiger partial charge in [0.15, 0.2) is 0 Å². The molecule has 0 spiro atoms. The summed E-state index contributed by atoms with van der Waals surface area (Å²) in [5, 5.41) is 13.3. The zero-order valence-electron chi connectivity index (χ0n) is 6.91. The van der Waals surface area contributed by atoms with E-state index in [1.54, 1.807) is 7.05 Å². The van der Waals surface area contributed by atoms with Gasteiger partial charge in [-0.25, -0.2) is 0 Å². The van der Waals surface area contributed by atoms with Crippen molar-refractivity contribution >= 4 is 0 Å². The van der Waals surface area contributed by atoms with E-state index >= 15 is 0 Å². The molecule has 1 aliphatic carbocycles. The normalized spacial score (nSPS) is 23.2. The van der Waals surface area contributed by atoms with Crippen molar-refractivity contribution in [3.05, 3.63) is 23.9 Å². The van der Waals surface area contributed by atoms with Crippen molar-refractivity contribution in [3.63, 3.8) is 0 Å². The third-order valence-electron chi connectivity index (χ3n) is 1.82. The molecule has 1 unspecified atom stereocenters. The Balaban J connectivity index is 2.53. The van der Waals surface area contributed by atoms with Gasteiger partial charge >= 0.3 is 0 Å². The number of hydrogen-bond donors (Lipinski definition) is 2. The topological polar surface area (TPSA) is 35.5 Å². The first kappa shape index (κ1) is 8.30. The smallest absolute Gasteiger partial charge is 0.0589 e.